The minimum Gasteiger partial charge on any atom is -0.495 e. The molecule has 8 nitrogen and oxygen atoms in total. The van der Waals surface area contributed by atoms with E-state index >= 15 is 0 Å². The SMILES string of the molecule is CCOC(=O)c1c(NC(=O)c2ccc(O[C@H](C)C(=O)Nc3cc(Cl)ccc3OC)cc2)sc2c1CCCC2. The third-order valence-electron chi connectivity index (χ3n) is 6.10. The highest BCUT2D eigenvalue weighted by atomic mass is 35.5. The summed E-state index contributed by atoms with van der Waals surface area (Å²) in [5, 5.41) is 6.62. The van der Waals surface area contributed by atoms with Gasteiger partial charge in [-0.1, -0.05) is 11.6 Å². The standard InChI is InChI=1S/C28H29ClN2O6S/c1-4-36-28(34)24-20-7-5-6-8-23(20)38-27(24)31-26(33)17-9-12-19(13-10-17)37-16(2)25(32)30-21-15-18(29)11-14-22(21)35-3/h9-16H,4-8H2,1-3H3,(H,30,32)(H,31,33)/t16-/m1/s1. The average Bonchev–Trinajstić information content (AvgIpc) is 3.27. The fourth-order valence-electron chi connectivity index (χ4n) is 4.20. The largest absolute Gasteiger partial charge is 0.495 e. The van der Waals surface area contributed by atoms with Crippen molar-refractivity contribution in [2.24, 2.45) is 0 Å². The van der Waals surface area contributed by atoms with Gasteiger partial charge in [-0.3, -0.25) is 9.59 Å². The van der Waals surface area contributed by atoms with Crippen LogP contribution < -0.4 is 20.1 Å². The lowest BCUT2D eigenvalue weighted by Gasteiger charge is -2.16. The molecule has 2 aromatic carbocycles. The van der Waals surface area contributed by atoms with Crippen LogP contribution in [0.3, 0.4) is 0 Å². The number of carbonyl (C=O) groups is 3. The molecule has 0 fully saturated rings. The molecule has 0 saturated carbocycles. The van der Waals surface area contributed by atoms with Crippen LogP contribution in [-0.4, -0.2) is 37.6 Å². The summed E-state index contributed by atoms with van der Waals surface area (Å²) in [7, 11) is 1.50. The number of hydrogen-bond donors (Lipinski definition) is 2. The van der Waals surface area contributed by atoms with Crippen molar-refractivity contribution in [1.82, 2.24) is 0 Å². The fraction of sp³-hybridized carbons (Fsp3) is 0.321. The number of nitrogens with one attached hydrogen (secondary N) is 2. The van der Waals surface area contributed by atoms with Crippen molar-refractivity contribution in [1.29, 1.82) is 0 Å². The molecule has 1 aliphatic rings. The van der Waals surface area contributed by atoms with Crippen molar-refractivity contribution in [3.05, 3.63) is 69.1 Å². The molecule has 1 atom stereocenters. The van der Waals surface area contributed by atoms with E-state index in [-0.39, 0.29) is 18.4 Å². The molecule has 0 bridgehead atoms. The number of fused-ring (bicyclic) bond motifs is 1. The molecule has 1 aromatic heterocycles. The molecule has 1 aliphatic carbocycles. The minimum absolute atomic E-state index is 0.265. The number of thiophene rings is 1. The maximum Gasteiger partial charge on any atom is 0.341 e. The van der Waals surface area contributed by atoms with Crippen molar-refractivity contribution >= 4 is 51.4 Å². The Morgan fingerprint density at radius 2 is 1.79 bits per heavy atom. The summed E-state index contributed by atoms with van der Waals surface area (Å²) in [4.78, 5) is 39.4. The molecule has 10 heteroatoms. The van der Waals surface area contributed by atoms with E-state index in [2.05, 4.69) is 10.6 Å². The van der Waals surface area contributed by atoms with E-state index in [4.69, 9.17) is 25.8 Å². The maximum absolute atomic E-state index is 13.0. The van der Waals surface area contributed by atoms with Crippen LogP contribution in [0.2, 0.25) is 5.02 Å². The van der Waals surface area contributed by atoms with E-state index in [0.717, 1.165) is 36.1 Å². The number of rotatable bonds is 9. The Kier molecular flexibility index (Phi) is 8.91. The van der Waals surface area contributed by atoms with Gasteiger partial charge in [0.1, 0.15) is 16.5 Å². The van der Waals surface area contributed by atoms with Crippen LogP contribution >= 0.6 is 22.9 Å². The molecule has 0 radical (unpaired) electrons. The summed E-state index contributed by atoms with van der Waals surface area (Å²) in [6, 6.07) is 11.4. The topological polar surface area (TPSA) is 103 Å². The van der Waals surface area contributed by atoms with Gasteiger partial charge in [-0.25, -0.2) is 4.79 Å². The summed E-state index contributed by atoms with van der Waals surface area (Å²) in [6.07, 6.45) is 2.94. The molecule has 200 valence electrons. The van der Waals surface area contributed by atoms with Gasteiger partial charge in [0.2, 0.25) is 0 Å². The number of amides is 2. The maximum atomic E-state index is 13.0. The van der Waals surface area contributed by atoms with Crippen molar-refractivity contribution in [3.8, 4) is 11.5 Å². The zero-order valence-corrected chi connectivity index (χ0v) is 23.0. The van der Waals surface area contributed by atoms with E-state index in [9.17, 15) is 14.4 Å². The van der Waals surface area contributed by atoms with Gasteiger partial charge in [0.05, 0.1) is 25.0 Å². The molecule has 0 unspecified atom stereocenters. The quantitative estimate of drug-likeness (QED) is 0.308. The normalized spacial score (nSPS) is 13.2. The molecule has 2 amide bonds. The Morgan fingerprint density at radius 1 is 1.05 bits per heavy atom. The molecule has 0 saturated heterocycles. The number of benzene rings is 2. The summed E-state index contributed by atoms with van der Waals surface area (Å²) >= 11 is 7.47. The second-order valence-corrected chi connectivity index (χ2v) is 10.2. The molecule has 4 rings (SSSR count). The van der Waals surface area contributed by atoms with Gasteiger partial charge >= 0.3 is 5.97 Å². The predicted molar refractivity (Wildman–Crippen MR) is 148 cm³/mol. The van der Waals surface area contributed by atoms with Crippen LogP contribution in [0, 0.1) is 0 Å². The van der Waals surface area contributed by atoms with Crippen LogP contribution in [-0.2, 0) is 22.4 Å². The zero-order valence-electron chi connectivity index (χ0n) is 21.4. The first kappa shape index (κ1) is 27.5. The fourth-order valence-corrected chi connectivity index (χ4v) is 5.65. The van der Waals surface area contributed by atoms with Crippen LogP contribution in [0.4, 0.5) is 10.7 Å². The molecular weight excluding hydrogens is 528 g/mol. The third kappa shape index (κ3) is 6.28. The van der Waals surface area contributed by atoms with E-state index < -0.39 is 12.1 Å². The molecular formula is C28H29ClN2O6S. The molecule has 38 heavy (non-hydrogen) atoms. The Labute approximate surface area is 230 Å². The monoisotopic (exact) mass is 556 g/mol. The first-order valence-corrected chi connectivity index (χ1v) is 13.5. The molecule has 3 aromatic rings. The number of halogens is 1. The average molecular weight is 557 g/mol. The highest BCUT2D eigenvalue weighted by Crippen LogP contribution is 2.39. The summed E-state index contributed by atoms with van der Waals surface area (Å²) in [6.45, 7) is 3.64. The van der Waals surface area contributed by atoms with E-state index in [1.165, 1.54) is 18.4 Å². The predicted octanol–water partition coefficient (Wildman–Crippen LogP) is 6.12. The van der Waals surface area contributed by atoms with Crippen molar-refractivity contribution < 1.29 is 28.6 Å². The van der Waals surface area contributed by atoms with Gasteiger partial charge in [-0.05, 0) is 87.6 Å². The van der Waals surface area contributed by atoms with Gasteiger partial charge in [-0.15, -0.1) is 11.3 Å². The second-order valence-electron chi connectivity index (χ2n) is 8.71. The van der Waals surface area contributed by atoms with Crippen molar-refractivity contribution in [2.75, 3.05) is 24.4 Å². The molecule has 1 heterocycles. The van der Waals surface area contributed by atoms with Gasteiger partial charge in [0.15, 0.2) is 6.10 Å². The Balaban J connectivity index is 1.42. The van der Waals surface area contributed by atoms with Crippen LogP contribution in [0.25, 0.3) is 0 Å². The van der Waals surface area contributed by atoms with Crippen molar-refractivity contribution in [2.45, 2.75) is 45.6 Å². The van der Waals surface area contributed by atoms with Crippen LogP contribution in [0.1, 0.15) is 57.8 Å². The van der Waals surface area contributed by atoms with Gasteiger partial charge in [0, 0.05) is 15.5 Å². The van der Waals surface area contributed by atoms with Crippen LogP contribution in [0.15, 0.2) is 42.5 Å². The number of ether oxygens (including phenoxy) is 3. The van der Waals surface area contributed by atoms with E-state index in [1.54, 1.807) is 56.3 Å². The lowest BCUT2D eigenvalue weighted by Crippen LogP contribution is -2.30. The lowest BCUT2D eigenvalue weighted by molar-refractivity contribution is -0.122. The first-order valence-electron chi connectivity index (χ1n) is 12.3. The number of esters is 1. The van der Waals surface area contributed by atoms with E-state index in [0.29, 0.717) is 38.3 Å². The second kappa shape index (κ2) is 12.3. The number of aryl methyl sites for hydroxylation is 1. The highest BCUT2D eigenvalue weighted by Gasteiger charge is 2.27. The molecule has 2 N–H and O–H groups in total. The Bertz CT molecular complexity index is 1340. The lowest BCUT2D eigenvalue weighted by atomic mass is 9.95. The molecule has 0 spiro atoms. The molecule has 0 aliphatic heterocycles. The smallest absolute Gasteiger partial charge is 0.341 e. The zero-order chi connectivity index (χ0) is 27.2. The third-order valence-corrected chi connectivity index (χ3v) is 7.54. The number of methoxy groups -OCH3 is 1. The summed E-state index contributed by atoms with van der Waals surface area (Å²) in [5.74, 6) is -0.252. The van der Waals surface area contributed by atoms with Gasteiger partial charge in [-0.2, -0.15) is 0 Å². The first-order chi connectivity index (χ1) is 18.3. The summed E-state index contributed by atoms with van der Waals surface area (Å²) in [5.41, 5.74) is 2.28. The van der Waals surface area contributed by atoms with Gasteiger partial charge in [0.25, 0.3) is 11.8 Å². The van der Waals surface area contributed by atoms with E-state index in [1.807, 2.05) is 0 Å². The Hall–Kier alpha value is -3.56. The minimum atomic E-state index is -0.831. The van der Waals surface area contributed by atoms with Crippen LogP contribution in [0.5, 0.6) is 11.5 Å². The Morgan fingerprint density at radius 3 is 2.50 bits per heavy atom. The van der Waals surface area contributed by atoms with Gasteiger partial charge < -0.3 is 24.8 Å². The number of anilines is 2. The van der Waals surface area contributed by atoms with Crippen molar-refractivity contribution in [3.63, 3.8) is 0 Å². The highest BCUT2D eigenvalue weighted by molar-refractivity contribution is 7.17. The number of carbonyl (C=O) groups excluding carboxylic acids is 3. The summed E-state index contributed by atoms with van der Waals surface area (Å²) < 4.78 is 16.3. The number of hydrogen-bond acceptors (Lipinski definition) is 7.